The van der Waals surface area contributed by atoms with Gasteiger partial charge in [-0.25, -0.2) is 0 Å². The average Bonchev–Trinajstić information content (AvgIpc) is 2.13. The van der Waals surface area contributed by atoms with E-state index in [-0.39, 0.29) is 5.92 Å². The smallest absolute Gasteiger partial charge is 0.203 e. The Bertz CT molecular complexity index is 89.1. The molecule has 0 amide bonds. The maximum atomic E-state index is 10.1. The van der Waals surface area contributed by atoms with Gasteiger partial charge in [0.1, 0.15) is 0 Å². The van der Waals surface area contributed by atoms with Gasteiger partial charge in [0.15, 0.2) is 0 Å². The first-order valence-corrected chi connectivity index (χ1v) is 4.25. The van der Waals surface area contributed by atoms with E-state index in [9.17, 15) is 4.79 Å². The van der Waals surface area contributed by atoms with E-state index in [1.165, 1.54) is 0 Å². The lowest BCUT2D eigenvalue weighted by atomic mass is 10.2. The van der Waals surface area contributed by atoms with Crippen LogP contribution in [0.15, 0.2) is 0 Å². The molecule has 0 saturated carbocycles. The van der Waals surface area contributed by atoms with Crippen LogP contribution in [0, 0.1) is 5.92 Å². The molecule has 0 aromatic carbocycles. The summed E-state index contributed by atoms with van der Waals surface area (Å²) in [5.74, 6) is 2.19. The molecule has 51 valence electrons. The minimum atomic E-state index is 0.123. The summed E-state index contributed by atoms with van der Waals surface area (Å²) in [6, 6.07) is 0. The molecule has 3 heteroatoms. The molecular weight excluding hydrogens is 134 g/mol. The summed E-state index contributed by atoms with van der Waals surface area (Å²) in [7, 11) is 0. The molecule has 2 nitrogen and oxygen atoms in total. The molecule has 1 atom stereocenters. The topological polar surface area (TPSA) is 29.1 Å². The van der Waals surface area contributed by atoms with Crippen LogP contribution in [0.25, 0.3) is 0 Å². The van der Waals surface area contributed by atoms with Crippen molar-refractivity contribution >= 4 is 18.0 Å². The summed E-state index contributed by atoms with van der Waals surface area (Å²) < 4.78 is 0. The number of nitrogens with one attached hydrogen (secondary N) is 1. The Morgan fingerprint density at radius 2 is 2.56 bits per heavy atom. The molecule has 1 heterocycles. The fourth-order valence-corrected chi connectivity index (χ4v) is 1.71. The van der Waals surface area contributed by atoms with Crippen LogP contribution in [0.2, 0.25) is 0 Å². The zero-order valence-electron chi connectivity index (χ0n) is 5.22. The molecule has 1 saturated heterocycles. The SMILES string of the molecule is O=[C]C1CNCCSC1. The predicted molar refractivity (Wildman–Crippen MR) is 39.4 cm³/mol. The van der Waals surface area contributed by atoms with Crippen LogP contribution in [-0.4, -0.2) is 30.9 Å². The van der Waals surface area contributed by atoms with Crippen LogP contribution < -0.4 is 5.32 Å². The van der Waals surface area contributed by atoms with Gasteiger partial charge in [0.05, 0.1) is 0 Å². The van der Waals surface area contributed by atoms with Crippen LogP contribution >= 0.6 is 11.8 Å². The van der Waals surface area contributed by atoms with Crippen LogP contribution in [0.1, 0.15) is 0 Å². The number of hydrogen-bond donors (Lipinski definition) is 1. The molecule has 1 unspecified atom stereocenters. The Hall–Kier alpha value is -0.0200. The third-order valence-electron chi connectivity index (χ3n) is 1.30. The van der Waals surface area contributed by atoms with Crippen LogP contribution in [0.3, 0.4) is 0 Å². The Balaban J connectivity index is 2.26. The summed E-state index contributed by atoms with van der Waals surface area (Å²) in [6.45, 7) is 1.85. The average molecular weight is 144 g/mol. The first-order valence-electron chi connectivity index (χ1n) is 3.09. The van der Waals surface area contributed by atoms with Gasteiger partial charge in [-0.1, -0.05) is 0 Å². The Morgan fingerprint density at radius 1 is 1.67 bits per heavy atom. The predicted octanol–water partition coefficient (Wildman–Crippen LogP) is 0.0487. The Morgan fingerprint density at radius 3 is 3.33 bits per heavy atom. The molecule has 0 bridgehead atoms. The Kier molecular flexibility index (Phi) is 3.08. The molecule has 1 rings (SSSR count). The molecule has 1 fully saturated rings. The first-order chi connectivity index (χ1) is 4.43. The lowest BCUT2D eigenvalue weighted by Crippen LogP contribution is -2.23. The van der Waals surface area contributed by atoms with Crippen LogP contribution in [0.4, 0.5) is 0 Å². The van der Waals surface area contributed by atoms with Crippen molar-refractivity contribution in [2.45, 2.75) is 0 Å². The van der Waals surface area contributed by atoms with Gasteiger partial charge in [0, 0.05) is 30.5 Å². The highest BCUT2D eigenvalue weighted by Crippen LogP contribution is 2.08. The van der Waals surface area contributed by atoms with Crippen molar-refractivity contribution in [1.29, 1.82) is 0 Å². The van der Waals surface area contributed by atoms with Crippen molar-refractivity contribution in [2.75, 3.05) is 24.6 Å². The van der Waals surface area contributed by atoms with Crippen molar-refractivity contribution < 1.29 is 4.79 Å². The normalized spacial score (nSPS) is 29.1. The second-order valence-corrected chi connectivity index (χ2v) is 3.24. The van der Waals surface area contributed by atoms with E-state index >= 15 is 0 Å². The van der Waals surface area contributed by atoms with Crippen molar-refractivity contribution in [2.24, 2.45) is 5.92 Å². The molecule has 0 aromatic heterocycles. The van der Waals surface area contributed by atoms with Crippen molar-refractivity contribution in [1.82, 2.24) is 5.32 Å². The lowest BCUT2D eigenvalue weighted by Gasteiger charge is -2.01. The van der Waals surface area contributed by atoms with Gasteiger partial charge in [0.25, 0.3) is 0 Å². The fraction of sp³-hybridized carbons (Fsp3) is 0.833. The van der Waals surface area contributed by atoms with Crippen molar-refractivity contribution in [3.63, 3.8) is 0 Å². The van der Waals surface area contributed by atoms with Gasteiger partial charge in [-0.15, -0.1) is 0 Å². The third kappa shape index (κ3) is 2.37. The van der Waals surface area contributed by atoms with Gasteiger partial charge < -0.3 is 5.32 Å². The second kappa shape index (κ2) is 3.90. The summed E-state index contributed by atoms with van der Waals surface area (Å²) in [5.41, 5.74) is 0. The number of hydrogen-bond acceptors (Lipinski definition) is 3. The highest BCUT2D eigenvalue weighted by atomic mass is 32.2. The van der Waals surface area contributed by atoms with E-state index < -0.39 is 0 Å². The second-order valence-electron chi connectivity index (χ2n) is 2.09. The van der Waals surface area contributed by atoms with Gasteiger partial charge >= 0.3 is 0 Å². The van der Waals surface area contributed by atoms with Gasteiger partial charge in [-0.3, -0.25) is 4.79 Å². The molecule has 0 aliphatic carbocycles. The van der Waals surface area contributed by atoms with Gasteiger partial charge in [-0.05, 0) is 0 Å². The summed E-state index contributed by atoms with van der Waals surface area (Å²) >= 11 is 1.82. The van der Waals surface area contributed by atoms with Crippen LogP contribution in [0.5, 0.6) is 0 Å². The molecular formula is C6H10NOS. The van der Waals surface area contributed by atoms with E-state index in [1.54, 1.807) is 0 Å². The molecule has 1 radical (unpaired) electrons. The van der Waals surface area contributed by atoms with E-state index in [1.807, 2.05) is 18.0 Å². The van der Waals surface area contributed by atoms with Gasteiger partial charge in [-0.2, -0.15) is 11.8 Å². The summed E-state index contributed by atoms with van der Waals surface area (Å²) in [5, 5.41) is 3.16. The van der Waals surface area contributed by atoms with Crippen molar-refractivity contribution in [3.05, 3.63) is 0 Å². The summed E-state index contributed by atoms with van der Waals surface area (Å²) in [4.78, 5) is 10.1. The zero-order chi connectivity index (χ0) is 6.53. The maximum absolute atomic E-state index is 10.1. The molecule has 1 N–H and O–H groups in total. The van der Waals surface area contributed by atoms with Gasteiger partial charge in [0.2, 0.25) is 6.29 Å². The largest absolute Gasteiger partial charge is 0.315 e. The highest BCUT2D eigenvalue weighted by Gasteiger charge is 2.10. The van der Waals surface area contributed by atoms with Crippen LogP contribution in [-0.2, 0) is 4.79 Å². The zero-order valence-corrected chi connectivity index (χ0v) is 6.04. The molecule has 9 heavy (non-hydrogen) atoms. The fourth-order valence-electron chi connectivity index (χ4n) is 0.781. The van der Waals surface area contributed by atoms with E-state index in [4.69, 9.17) is 0 Å². The summed E-state index contributed by atoms with van der Waals surface area (Å²) in [6.07, 6.45) is 2.01. The monoisotopic (exact) mass is 144 g/mol. The number of thioether (sulfide) groups is 1. The molecule has 0 aromatic rings. The number of carbonyl (C=O) groups excluding carboxylic acids is 1. The van der Waals surface area contributed by atoms with E-state index in [0.29, 0.717) is 0 Å². The van der Waals surface area contributed by atoms with Crippen molar-refractivity contribution in [3.8, 4) is 0 Å². The standard InChI is InChI=1S/C6H10NOS/c8-4-6-3-7-1-2-9-5-6/h6-7H,1-3,5H2. The lowest BCUT2D eigenvalue weighted by molar-refractivity contribution is 0.522. The molecule has 0 spiro atoms. The Labute approximate surface area is 59.4 Å². The minimum absolute atomic E-state index is 0.123. The molecule has 1 aliphatic heterocycles. The minimum Gasteiger partial charge on any atom is -0.315 e. The third-order valence-corrected chi connectivity index (χ3v) is 2.43. The highest BCUT2D eigenvalue weighted by molar-refractivity contribution is 7.99. The van der Waals surface area contributed by atoms with E-state index in [2.05, 4.69) is 5.32 Å². The van der Waals surface area contributed by atoms with E-state index in [0.717, 1.165) is 24.6 Å². The quantitative estimate of drug-likeness (QED) is 0.564. The first kappa shape index (κ1) is 7.09. The molecule has 1 aliphatic rings. The number of rotatable bonds is 1. The maximum Gasteiger partial charge on any atom is 0.203 e.